The maximum Gasteiger partial charge on any atom is 0.150 e. The summed E-state index contributed by atoms with van der Waals surface area (Å²) in [7, 11) is 0. The van der Waals surface area contributed by atoms with Crippen molar-refractivity contribution in [2.45, 2.75) is 114 Å². The number of aromatic nitrogens is 12. The molecule has 3 saturated heterocycles. The first kappa shape index (κ1) is 72.9. The molecule has 114 heavy (non-hydrogen) atoms. The summed E-state index contributed by atoms with van der Waals surface area (Å²) in [5.74, 6) is 8.58. The second kappa shape index (κ2) is 32.6. The molecule has 0 unspecified atom stereocenters. The minimum Gasteiger partial charge on any atom is -0.382 e. The van der Waals surface area contributed by atoms with Crippen LogP contribution in [0.25, 0.3) is 117 Å². The van der Waals surface area contributed by atoms with Crippen molar-refractivity contribution in [1.29, 1.82) is 0 Å². The molecule has 3 aliphatic heterocycles. The van der Waals surface area contributed by atoms with Crippen LogP contribution in [0.5, 0.6) is 0 Å². The van der Waals surface area contributed by atoms with Gasteiger partial charge in [0.05, 0.1) is 46.8 Å². The van der Waals surface area contributed by atoms with E-state index in [1.54, 1.807) is 18.6 Å². The standard InChI is InChI=1S/C32H34N6O.C32H34N6.C31H32N6/c33-31-30-29(26-11-10-24-12-13-27(35-28(24)20-26)23-4-2-1-3-5-23)36-32(38(30)15-14-34-31)25-8-6-22(7-9-25)21-37-16-18-39-19-17-37;33-31-30-29(26-13-12-24-14-15-27(35-28(24)20-26)23-6-2-1-3-7-23)36-32(38(30)19-16-34-31)25-10-8-22(9-11-25)21-37-17-4-5-18-37;32-30-29-28(25-12-11-23-13-14-26(34-27(23)19-25)22-5-2-1-3-6-22)35-31(37(29)18-15-33-30)24-9-7-21(8-10-24)20-36-16-4-17-36/h1-5,10-15,20,22,25H,6-9,16-19,21H2,(H2,33,34);1-3,6-7,12-16,19-20,22,25H,4-5,8-11,17-18,21H2,(H2,33,34);1-3,5-6,11-15,18-19,21,24H,4,7-10,16-17,20H2,(H2,32,33). The number of imidazole rings is 3. The number of anilines is 3. The van der Waals surface area contributed by atoms with E-state index in [1.165, 1.54) is 129 Å². The van der Waals surface area contributed by atoms with Crippen LogP contribution in [0.15, 0.2) is 219 Å². The van der Waals surface area contributed by atoms with E-state index in [1.807, 2.05) is 73.2 Å². The SMILES string of the molecule is Nc1nccn2c(C3CCC(CN4CCC4)CC3)nc(-c3ccc4ccc(-c5ccccc5)nc4c3)c12.Nc1nccn2c(C3CCC(CN4CCCC4)CC3)nc(-c3ccc4ccc(-c5ccccc5)nc4c3)c12.Nc1nccn2c(C3CCC(CN4CCOCC4)CC3)nc(-c3ccc4ccc(-c5ccccc5)nc4c3)c12. The highest BCUT2D eigenvalue weighted by Gasteiger charge is 2.34. The zero-order valence-electron chi connectivity index (χ0n) is 65.0. The number of likely N-dealkylation sites (tertiary alicyclic amines) is 2. The fourth-order valence-corrected chi connectivity index (χ4v) is 19.0. The molecule has 0 spiro atoms. The fourth-order valence-electron chi connectivity index (χ4n) is 19.0. The van der Waals surface area contributed by atoms with Crippen molar-refractivity contribution < 1.29 is 4.74 Å². The third-order valence-corrected chi connectivity index (χ3v) is 25.4. The van der Waals surface area contributed by atoms with E-state index in [4.69, 9.17) is 51.8 Å². The molecule has 0 atom stereocenters. The maximum atomic E-state index is 6.47. The molecule has 19 nitrogen and oxygen atoms in total. The topological polar surface area (TPSA) is 226 Å². The van der Waals surface area contributed by atoms with Gasteiger partial charge in [0, 0.05) is 137 Å². The number of hydrogen-bond donors (Lipinski definition) is 3. The summed E-state index contributed by atoms with van der Waals surface area (Å²) < 4.78 is 12.1. The lowest BCUT2D eigenvalue weighted by molar-refractivity contribution is 0.0273. The van der Waals surface area contributed by atoms with Gasteiger partial charge in [0.15, 0.2) is 0 Å². The normalized spacial score (nSPS) is 20.4. The van der Waals surface area contributed by atoms with E-state index < -0.39 is 0 Å². The number of morpholine rings is 1. The van der Waals surface area contributed by atoms with Crippen LogP contribution in [-0.4, -0.2) is 145 Å². The van der Waals surface area contributed by atoms with Crippen molar-refractivity contribution in [1.82, 2.24) is 72.8 Å². The average molecular weight is 1510 g/mol. The zero-order chi connectivity index (χ0) is 76.4. The summed E-state index contributed by atoms with van der Waals surface area (Å²) in [6, 6.07) is 62.8. The van der Waals surface area contributed by atoms with Gasteiger partial charge >= 0.3 is 0 Å². The number of rotatable bonds is 15. The van der Waals surface area contributed by atoms with E-state index >= 15 is 0 Å². The molecule has 6 aliphatic rings. The number of nitrogens with two attached hydrogens (primary N) is 3. The van der Waals surface area contributed by atoms with Gasteiger partial charge in [-0.3, -0.25) is 18.1 Å². The second-order valence-electron chi connectivity index (χ2n) is 32.7. The van der Waals surface area contributed by atoms with Crippen molar-refractivity contribution in [2.75, 3.05) is 89.3 Å². The summed E-state index contributed by atoms with van der Waals surface area (Å²) >= 11 is 0. The largest absolute Gasteiger partial charge is 0.382 e. The van der Waals surface area contributed by atoms with E-state index in [9.17, 15) is 0 Å². The minimum atomic E-state index is 0.414. The number of fused-ring (bicyclic) bond motifs is 6. The summed E-state index contributed by atoms with van der Waals surface area (Å²) in [5, 5.41) is 3.32. The van der Waals surface area contributed by atoms with Crippen LogP contribution in [0, 0.1) is 17.8 Å². The Labute approximate surface area is 665 Å². The molecule has 21 rings (SSSR count). The Bertz CT molecular complexity index is 5880. The Hall–Kier alpha value is -11.4. The van der Waals surface area contributed by atoms with Gasteiger partial charge < -0.3 is 31.7 Å². The van der Waals surface area contributed by atoms with Gasteiger partial charge in [-0.05, 0) is 177 Å². The molecule has 15 aromatic rings. The molecule has 9 aromatic heterocycles. The summed E-state index contributed by atoms with van der Waals surface area (Å²) in [6.07, 6.45) is 30.1. The maximum absolute atomic E-state index is 6.47. The molecular weight excluding hydrogens is 1410 g/mol. The lowest BCUT2D eigenvalue weighted by Crippen LogP contribution is -2.41. The first-order valence-electron chi connectivity index (χ1n) is 41.7. The number of hydrogen-bond acceptors (Lipinski definition) is 16. The average Bonchev–Trinajstić information content (AvgIpc) is 1.61. The molecule has 3 saturated carbocycles. The van der Waals surface area contributed by atoms with Gasteiger partial charge in [-0.25, -0.2) is 44.9 Å². The summed E-state index contributed by atoms with van der Waals surface area (Å²) in [4.78, 5) is 51.9. The Morgan fingerprint density at radius 2 is 0.605 bits per heavy atom. The number of ether oxygens (including phenoxy) is 1. The molecule has 12 heterocycles. The number of nitrogen functional groups attached to an aromatic ring is 3. The van der Waals surface area contributed by atoms with Crippen LogP contribution in [0.3, 0.4) is 0 Å². The molecule has 6 fully saturated rings. The predicted molar refractivity (Wildman–Crippen MR) is 459 cm³/mol. The van der Waals surface area contributed by atoms with E-state index in [2.05, 4.69) is 170 Å². The van der Waals surface area contributed by atoms with Crippen molar-refractivity contribution >= 4 is 66.7 Å². The van der Waals surface area contributed by atoms with Crippen LogP contribution in [0.4, 0.5) is 17.5 Å². The first-order valence-corrected chi connectivity index (χ1v) is 41.7. The second-order valence-corrected chi connectivity index (χ2v) is 32.7. The minimum absolute atomic E-state index is 0.414. The Kier molecular flexibility index (Phi) is 20.9. The lowest BCUT2D eigenvalue weighted by Gasteiger charge is -2.36. The molecule has 6 aromatic carbocycles. The van der Waals surface area contributed by atoms with Crippen molar-refractivity contribution in [3.05, 3.63) is 237 Å². The van der Waals surface area contributed by atoms with Gasteiger partial charge in [0.1, 0.15) is 68.6 Å². The Balaban J connectivity index is 0.000000115. The fraction of sp³-hybridized carbons (Fsp3) is 0.337. The summed E-state index contributed by atoms with van der Waals surface area (Å²) in [6.45, 7) is 12.7. The molecule has 576 valence electrons. The van der Waals surface area contributed by atoms with Gasteiger partial charge in [-0.2, -0.15) is 0 Å². The molecule has 19 heteroatoms. The van der Waals surface area contributed by atoms with Crippen molar-refractivity contribution in [3.63, 3.8) is 0 Å². The molecular formula is C95H100N18O. The molecule has 0 radical (unpaired) electrons. The molecule has 0 bridgehead atoms. The number of nitrogens with zero attached hydrogens (tertiary/aromatic N) is 15. The van der Waals surface area contributed by atoms with Gasteiger partial charge in [0.25, 0.3) is 0 Å². The molecule has 0 amide bonds. The van der Waals surface area contributed by atoms with Crippen molar-refractivity contribution in [3.8, 4) is 67.5 Å². The number of benzene rings is 6. The quantitative estimate of drug-likeness (QED) is 0.0867. The van der Waals surface area contributed by atoms with Crippen LogP contribution in [-0.2, 0) is 4.74 Å². The van der Waals surface area contributed by atoms with E-state index in [0.717, 1.165) is 191 Å². The lowest BCUT2D eigenvalue weighted by atomic mass is 9.81. The van der Waals surface area contributed by atoms with Crippen molar-refractivity contribution in [2.24, 2.45) is 17.8 Å². The monoisotopic (exact) mass is 1510 g/mol. The highest BCUT2D eigenvalue weighted by atomic mass is 16.5. The van der Waals surface area contributed by atoms with Crippen LogP contribution < -0.4 is 17.2 Å². The van der Waals surface area contributed by atoms with E-state index in [0.29, 0.717) is 35.2 Å². The third kappa shape index (κ3) is 15.3. The molecule has 6 N–H and O–H groups in total. The predicted octanol–water partition coefficient (Wildman–Crippen LogP) is 18.5. The Morgan fingerprint density at radius 1 is 0.307 bits per heavy atom. The van der Waals surface area contributed by atoms with Crippen LogP contribution >= 0.6 is 0 Å². The zero-order valence-corrected chi connectivity index (χ0v) is 65.0. The summed E-state index contributed by atoms with van der Waals surface area (Å²) in [5.41, 5.74) is 37.0. The smallest absolute Gasteiger partial charge is 0.150 e. The first-order chi connectivity index (χ1) is 56.2. The van der Waals surface area contributed by atoms with E-state index in [-0.39, 0.29) is 0 Å². The van der Waals surface area contributed by atoms with Gasteiger partial charge in [0.2, 0.25) is 0 Å². The van der Waals surface area contributed by atoms with Gasteiger partial charge in [-0.15, -0.1) is 0 Å². The van der Waals surface area contributed by atoms with Crippen LogP contribution in [0.1, 0.15) is 132 Å². The number of pyridine rings is 3. The highest BCUT2D eigenvalue weighted by molar-refractivity contribution is 5.94. The third-order valence-electron chi connectivity index (χ3n) is 25.4. The molecule has 3 aliphatic carbocycles. The van der Waals surface area contributed by atoms with Crippen LogP contribution in [0.2, 0.25) is 0 Å². The van der Waals surface area contributed by atoms with Gasteiger partial charge in [-0.1, -0.05) is 146 Å². The highest BCUT2D eigenvalue weighted by Crippen LogP contribution is 2.44. The Morgan fingerprint density at radius 3 is 0.912 bits per heavy atom.